The van der Waals surface area contributed by atoms with Gasteiger partial charge < -0.3 is 57.6 Å². The highest BCUT2D eigenvalue weighted by atomic mass is 16.6. The Kier molecular flexibility index (Phi) is 64.5. The van der Waals surface area contributed by atoms with Gasteiger partial charge in [-0.05, 0) is 12.8 Å². The molecule has 12 nitrogen and oxygen atoms in total. The fourth-order valence-corrected chi connectivity index (χ4v) is 6.18. The van der Waals surface area contributed by atoms with Crippen LogP contribution in [0.5, 0.6) is 0 Å². The number of hydrogen-bond acceptors (Lipinski definition) is 12. The molecule has 0 saturated carbocycles. The van der Waals surface area contributed by atoms with Gasteiger partial charge in [-0.2, -0.15) is 0 Å². The zero-order valence-corrected chi connectivity index (χ0v) is 39.5. The fraction of sp³-hybridized carbons (Fsp3) is 1.00. The molecular weight excluding hydrogens is 769 g/mol. The fourth-order valence-electron chi connectivity index (χ4n) is 6.18. The SMILES string of the molecule is CCCCCCCCCCCCCCCCOCCOCCOCCOCCOCCO.CCCCCCCCCCCCOCCOCCOCCOCCOCCO. The van der Waals surface area contributed by atoms with E-state index in [4.69, 9.17) is 57.6 Å². The number of unbranched alkanes of at least 4 members (excludes halogenated alkanes) is 22. The van der Waals surface area contributed by atoms with E-state index in [1.165, 1.54) is 141 Å². The van der Waals surface area contributed by atoms with Crippen molar-refractivity contribution in [2.45, 2.75) is 168 Å². The molecule has 0 aliphatic heterocycles. The Labute approximate surface area is 370 Å². The predicted molar refractivity (Wildman–Crippen MR) is 245 cm³/mol. The average molecular weight is 869 g/mol. The molecule has 0 aliphatic rings. The van der Waals surface area contributed by atoms with Crippen LogP contribution >= 0.6 is 0 Å². The quantitative estimate of drug-likeness (QED) is 0.0565. The van der Waals surface area contributed by atoms with Gasteiger partial charge in [-0.3, -0.25) is 0 Å². The van der Waals surface area contributed by atoms with E-state index in [0.717, 1.165) is 26.1 Å². The third-order valence-corrected chi connectivity index (χ3v) is 9.73. The lowest BCUT2D eigenvalue weighted by Gasteiger charge is -2.08. The summed E-state index contributed by atoms with van der Waals surface area (Å²) in [6.45, 7) is 16.2. The summed E-state index contributed by atoms with van der Waals surface area (Å²) in [6, 6.07) is 0. The van der Waals surface area contributed by atoms with Crippen LogP contribution in [0.15, 0.2) is 0 Å². The van der Waals surface area contributed by atoms with E-state index in [9.17, 15) is 0 Å². The Morgan fingerprint density at radius 1 is 0.183 bits per heavy atom. The molecule has 0 aromatic carbocycles. The van der Waals surface area contributed by atoms with Gasteiger partial charge in [0.1, 0.15) is 0 Å². The van der Waals surface area contributed by atoms with Gasteiger partial charge in [-0.1, -0.05) is 155 Å². The monoisotopic (exact) mass is 869 g/mol. The first-order valence-electron chi connectivity index (χ1n) is 24.8. The highest BCUT2D eigenvalue weighted by Gasteiger charge is 1.98. The van der Waals surface area contributed by atoms with Crippen molar-refractivity contribution in [3.05, 3.63) is 0 Å². The first kappa shape index (κ1) is 61.6. The van der Waals surface area contributed by atoms with Crippen molar-refractivity contribution in [3.63, 3.8) is 0 Å². The molecule has 2 N–H and O–H groups in total. The zero-order valence-electron chi connectivity index (χ0n) is 39.5. The van der Waals surface area contributed by atoms with Crippen molar-refractivity contribution >= 4 is 0 Å². The first-order valence-corrected chi connectivity index (χ1v) is 24.8. The number of aliphatic hydroxyl groups is 2. The van der Waals surface area contributed by atoms with Crippen LogP contribution in [-0.4, -0.2) is 156 Å². The maximum Gasteiger partial charge on any atom is 0.0701 e. The van der Waals surface area contributed by atoms with Gasteiger partial charge in [-0.25, -0.2) is 0 Å². The molecule has 0 amide bonds. The Hall–Kier alpha value is -0.480. The van der Waals surface area contributed by atoms with Crippen LogP contribution < -0.4 is 0 Å². The van der Waals surface area contributed by atoms with Crippen molar-refractivity contribution in [1.29, 1.82) is 0 Å². The lowest BCUT2D eigenvalue weighted by atomic mass is 10.0. The molecule has 0 spiro atoms. The summed E-state index contributed by atoms with van der Waals surface area (Å²) in [6.07, 6.45) is 32.9. The third-order valence-electron chi connectivity index (χ3n) is 9.73. The molecule has 364 valence electrons. The number of aliphatic hydroxyl groups excluding tert-OH is 2. The van der Waals surface area contributed by atoms with Crippen molar-refractivity contribution in [3.8, 4) is 0 Å². The summed E-state index contributed by atoms with van der Waals surface area (Å²) >= 11 is 0. The summed E-state index contributed by atoms with van der Waals surface area (Å²) in [5.74, 6) is 0. The Bertz CT molecular complexity index is 638. The maximum absolute atomic E-state index is 8.56. The van der Waals surface area contributed by atoms with Crippen molar-refractivity contribution < 1.29 is 57.6 Å². The van der Waals surface area contributed by atoms with Crippen LogP contribution in [0.4, 0.5) is 0 Å². The van der Waals surface area contributed by atoms with Crippen LogP contribution in [0.25, 0.3) is 0 Å². The summed E-state index contributed by atoms with van der Waals surface area (Å²) in [7, 11) is 0. The highest BCUT2D eigenvalue weighted by molar-refractivity contribution is 4.50. The normalized spacial score (nSPS) is 11.4. The molecule has 0 saturated heterocycles. The van der Waals surface area contributed by atoms with Gasteiger partial charge in [-0.15, -0.1) is 0 Å². The molecule has 0 aromatic rings. The Morgan fingerprint density at radius 3 is 0.517 bits per heavy atom. The molecule has 0 radical (unpaired) electrons. The second-order valence-electron chi connectivity index (χ2n) is 15.3. The van der Waals surface area contributed by atoms with Crippen LogP contribution in [0.2, 0.25) is 0 Å². The van der Waals surface area contributed by atoms with Crippen LogP contribution in [0.3, 0.4) is 0 Å². The summed E-state index contributed by atoms with van der Waals surface area (Å²) < 4.78 is 53.8. The van der Waals surface area contributed by atoms with E-state index in [1.807, 2.05) is 0 Å². The minimum Gasteiger partial charge on any atom is -0.394 e. The molecule has 0 aliphatic carbocycles. The predicted octanol–water partition coefficient (Wildman–Crippen LogP) is 9.53. The van der Waals surface area contributed by atoms with E-state index < -0.39 is 0 Å². The zero-order chi connectivity index (χ0) is 43.6. The summed E-state index contributed by atoms with van der Waals surface area (Å²) in [5, 5.41) is 17.1. The standard InChI is InChI=1S/C26H54O6.C22H46O6/c1-2-3-4-5-6-7-8-9-10-11-12-13-14-15-17-28-19-21-30-23-25-32-26-24-31-22-20-29-18-16-27;1-2-3-4-5-6-7-8-9-10-11-13-24-15-17-26-19-21-28-22-20-27-18-16-25-14-12-23/h27H,2-26H2,1H3;23H,2-22H2,1H3. The third kappa shape index (κ3) is 64.1. The van der Waals surface area contributed by atoms with Gasteiger partial charge in [0.15, 0.2) is 0 Å². The minimum absolute atomic E-state index is 0.0491. The largest absolute Gasteiger partial charge is 0.394 e. The van der Waals surface area contributed by atoms with Gasteiger partial charge in [0.05, 0.1) is 132 Å². The lowest BCUT2D eigenvalue weighted by Crippen LogP contribution is -2.13. The molecule has 0 fully saturated rings. The van der Waals surface area contributed by atoms with Crippen LogP contribution in [0.1, 0.15) is 168 Å². The first-order chi connectivity index (χ1) is 29.8. The Morgan fingerprint density at radius 2 is 0.333 bits per heavy atom. The minimum atomic E-state index is 0.0491. The van der Waals surface area contributed by atoms with Crippen molar-refractivity contribution in [2.75, 3.05) is 145 Å². The average Bonchev–Trinajstić information content (AvgIpc) is 3.26. The Balaban J connectivity index is 0. The second-order valence-corrected chi connectivity index (χ2v) is 15.3. The molecule has 60 heavy (non-hydrogen) atoms. The molecule has 0 atom stereocenters. The highest BCUT2D eigenvalue weighted by Crippen LogP contribution is 2.13. The molecule has 0 rings (SSSR count). The molecule has 0 unspecified atom stereocenters. The smallest absolute Gasteiger partial charge is 0.0701 e. The number of hydrogen-bond donors (Lipinski definition) is 2. The summed E-state index contributed by atoms with van der Waals surface area (Å²) in [4.78, 5) is 0. The maximum atomic E-state index is 8.56. The number of rotatable bonds is 54. The van der Waals surface area contributed by atoms with Gasteiger partial charge in [0, 0.05) is 13.2 Å². The van der Waals surface area contributed by atoms with Crippen LogP contribution in [0, 0.1) is 0 Å². The second kappa shape index (κ2) is 62.8. The molecule has 0 bridgehead atoms. The number of ether oxygens (including phenoxy) is 10. The van der Waals surface area contributed by atoms with Crippen molar-refractivity contribution in [1.82, 2.24) is 0 Å². The molecular formula is C48H100O12. The van der Waals surface area contributed by atoms with Gasteiger partial charge >= 0.3 is 0 Å². The summed E-state index contributed by atoms with van der Waals surface area (Å²) in [5.41, 5.74) is 0. The molecule has 12 heteroatoms. The van der Waals surface area contributed by atoms with E-state index in [2.05, 4.69) is 13.8 Å². The van der Waals surface area contributed by atoms with E-state index >= 15 is 0 Å². The molecule has 0 heterocycles. The van der Waals surface area contributed by atoms with Crippen molar-refractivity contribution in [2.24, 2.45) is 0 Å². The van der Waals surface area contributed by atoms with E-state index in [0.29, 0.717) is 119 Å². The lowest BCUT2D eigenvalue weighted by molar-refractivity contribution is -0.0134. The van der Waals surface area contributed by atoms with E-state index in [1.54, 1.807) is 0 Å². The van der Waals surface area contributed by atoms with Gasteiger partial charge in [0.2, 0.25) is 0 Å². The van der Waals surface area contributed by atoms with Gasteiger partial charge in [0.25, 0.3) is 0 Å². The van der Waals surface area contributed by atoms with Crippen LogP contribution in [-0.2, 0) is 47.4 Å². The molecule has 0 aromatic heterocycles. The van der Waals surface area contributed by atoms with E-state index in [-0.39, 0.29) is 13.2 Å². The topological polar surface area (TPSA) is 133 Å².